The standard InChI is InChI=1S/C17H20OSi/c1-15-9-8-14-19(18-15,16-10-4-2-5-11-16)17-12-6-3-7-13-17/h2-7,10-13,15H,8-9,14H2,1H3. The Morgan fingerprint density at radius 3 is 1.89 bits per heavy atom. The first-order valence-corrected chi connectivity index (χ1v) is 9.22. The molecule has 98 valence electrons. The summed E-state index contributed by atoms with van der Waals surface area (Å²) < 4.78 is 6.58. The van der Waals surface area contributed by atoms with Crippen LogP contribution in [-0.2, 0) is 4.43 Å². The Hall–Kier alpha value is -1.38. The third-order valence-corrected chi connectivity index (χ3v) is 8.42. The van der Waals surface area contributed by atoms with Gasteiger partial charge in [0.2, 0.25) is 0 Å². The van der Waals surface area contributed by atoms with Gasteiger partial charge in [-0.15, -0.1) is 0 Å². The first-order valence-electron chi connectivity index (χ1n) is 7.10. The van der Waals surface area contributed by atoms with Crippen LogP contribution >= 0.6 is 0 Å². The van der Waals surface area contributed by atoms with Gasteiger partial charge in [0.05, 0.1) is 0 Å². The molecule has 0 aliphatic carbocycles. The zero-order valence-electron chi connectivity index (χ0n) is 11.4. The van der Waals surface area contributed by atoms with Gasteiger partial charge in [0, 0.05) is 6.10 Å². The molecular weight excluding hydrogens is 248 g/mol. The van der Waals surface area contributed by atoms with E-state index < -0.39 is 8.32 Å². The van der Waals surface area contributed by atoms with E-state index in [2.05, 4.69) is 67.6 Å². The van der Waals surface area contributed by atoms with Crippen LogP contribution in [-0.4, -0.2) is 14.4 Å². The van der Waals surface area contributed by atoms with Crippen molar-refractivity contribution < 1.29 is 4.43 Å². The van der Waals surface area contributed by atoms with Crippen LogP contribution in [0.15, 0.2) is 60.7 Å². The van der Waals surface area contributed by atoms with E-state index in [1.165, 1.54) is 29.3 Å². The Morgan fingerprint density at radius 1 is 0.895 bits per heavy atom. The summed E-state index contributed by atoms with van der Waals surface area (Å²) in [6, 6.07) is 22.9. The van der Waals surface area contributed by atoms with E-state index >= 15 is 0 Å². The van der Waals surface area contributed by atoms with E-state index in [1.807, 2.05) is 0 Å². The summed E-state index contributed by atoms with van der Waals surface area (Å²) in [5, 5.41) is 2.82. The van der Waals surface area contributed by atoms with Crippen LogP contribution in [0.25, 0.3) is 0 Å². The number of rotatable bonds is 2. The van der Waals surface area contributed by atoms with Gasteiger partial charge in [-0.3, -0.25) is 0 Å². The van der Waals surface area contributed by atoms with Gasteiger partial charge in [-0.2, -0.15) is 0 Å². The van der Waals surface area contributed by atoms with Gasteiger partial charge in [0.1, 0.15) is 0 Å². The summed E-state index contributed by atoms with van der Waals surface area (Å²) in [6.45, 7) is 2.22. The van der Waals surface area contributed by atoms with Crippen LogP contribution in [0.2, 0.25) is 6.04 Å². The summed E-state index contributed by atoms with van der Waals surface area (Å²) in [5.74, 6) is 0. The number of benzene rings is 2. The van der Waals surface area contributed by atoms with Crippen LogP contribution in [0.1, 0.15) is 19.8 Å². The molecule has 3 rings (SSSR count). The molecule has 19 heavy (non-hydrogen) atoms. The van der Waals surface area contributed by atoms with Crippen LogP contribution in [0.4, 0.5) is 0 Å². The van der Waals surface area contributed by atoms with Gasteiger partial charge in [-0.05, 0) is 29.8 Å². The first-order chi connectivity index (χ1) is 9.31. The van der Waals surface area contributed by atoms with Gasteiger partial charge in [0.15, 0.2) is 0 Å². The van der Waals surface area contributed by atoms with Gasteiger partial charge >= 0.3 is 0 Å². The highest BCUT2D eigenvalue weighted by molar-refractivity contribution is 6.97. The minimum atomic E-state index is -2.00. The van der Waals surface area contributed by atoms with Gasteiger partial charge < -0.3 is 4.43 Å². The minimum Gasteiger partial charge on any atom is -0.405 e. The molecule has 0 N–H and O–H groups in total. The second-order valence-corrected chi connectivity index (χ2v) is 8.92. The molecule has 1 nitrogen and oxygen atoms in total. The molecule has 2 aromatic carbocycles. The van der Waals surface area contributed by atoms with Crippen molar-refractivity contribution in [1.29, 1.82) is 0 Å². The van der Waals surface area contributed by atoms with Crippen molar-refractivity contribution in [3.05, 3.63) is 60.7 Å². The summed E-state index contributed by atoms with van der Waals surface area (Å²) in [5.41, 5.74) is 0. The maximum atomic E-state index is 6.58. The van der Waals surface area contributed by atoms with Crippen LogP contribution < -0.4 is 10.4 Å². The zero-order chi connectivity index (χ0) is 13.1. The van der Waals surface area contributed by atoms with Gasteiger partial charge in [0.25, 0.3) is 8.32 Å². The predicted molar refractivity (Wildman–Crippen MR) is 82.5 cm³/mol. The van der Waals surface area contributed by atoms with Crippen molar-refractivity contribution in [2.75, 3.05) is 0 Å². The maximum Gasteiger partial charge on any atom is 0.256 e. The summed E-state index contributed by atoms with van der Waals surface area (Å²) >= 11 is 0. The monoisotopic (exact) mass is 268 g/mol. The maximum absolute atomic E-state index is 6.58. The second kappa shape index (κ2) is 5.31. The van der Waals surface area contributed by atoms with Crippen LogP contribution in [0.3, 0.4) is 0 Å². The van der Waals surface area contributed by atoms with E-state index in [1.54, 1.807) is 0 Å². The second-order valence-electron chi connectivity index (χ2n) is 5.38. The topological polar surface area (TPSA) is 9.23 Å². The van der Waals surface area contributed by atoms with E-state index in [4.69, 9.17) is 4.43 Å². The molecule has 0 amide bonds. The Bertz CT molecular complexity index is 484. The molecular formula is C17H20OSi. The predicted octanol–water partition coefficient (Wildman–Crippen LogP) is 2.95. The highest BCUT2D eigenvalue weighted by Crippen LogP contribution is 2.25. The fraction of sp³-hybridized carbons (Fsp3) is 0.294. The third kappa shape index (κ3) is 2.38. The normalized spacial score (nSPS) is 22.1. The fourth-order valence-electron chi connectivity index (χ4n) is 3.11. The largest absolute Gasteiger partial charge is 0.405 e. The summed E-state index contributed by atoms with van der Waals surface area (Å²) in [6.07, 6.45) is 2.84. The number of hydrogen-bond acceptors (Lipinski definition) is 1. The molecule has 1 aliphatic rings. The van der Waals surface area contributed by atoms with Crippen molar-refractivity contribution in [2.45, 2.75) is 31.9 Å². The Kier molecular flexibility index (Phi) is 3.54. The van der Waals surface area contributed by atoms with E-state index in [-0.39, 0.29) is 0 Å². The fourth-order valence-corrected chi connectivity index (χ4v) is 7.38. The molecule has 0 spiro atoms. The molecule has 1 unspecified atom stereocenters. The lowest BCUT2D eigenvalue weighted by Crippen LogP contribution is -2.63. The molecule has 0 radical (unpaired) electrons. The third-order valence-electron chi connectivity index (χ3n) is 4.02. The zero-order valence-corrected chi connectivity index (χ0v) is 12.4. The highest BCUT2D eigenvalue weighted by atomic mass is 28.4. The van der Waals surface area contributed by atoms with Crippen molar-refractivity contribution in [1.82, 2.24) is 0 Å². The molecule has 0 bridgehead atoms. The SMILES string of the molecule is CC1CCC[Si](c2ccccc2)(c2ccccc2)O1. The molecule has 2 heteroatoms. The van der Waals surface area contributed by atoms with Gasteiger partial charge in [-0.25, -0.2) is 0 Å². The van der Waals surface area contributed by atoms with Crippen LogP contribution in [0, 0.1) is 0 Å². The lowest BCUT2D eigenvalue weighted by Gasteiger charge is -2.39. The highest BCUT2D eigenvalue weighted by Gasteiger charge is 2.42. The van der Waals surface area contributed by atoms with Crippen molar-refractivity contribution >= 4 is 18.7 Å². The van der Waals surface area contributed by atoms with E-state index in [0.29, 0.717) is 6.10 Å². The minimum absolute atomic E-state index is 0.376. The molecule has 2 aromatic rings. The molecule has 1 heterocycles. The Morgan fingerprint density at radius 2 is 1.42 bits per heavy atom. The number of hydrogen-bond donors (Lipinski definition) is 0. The Labute approximate surface area is 116 Å². The van der Waals surface area contributed by atoms with E-state index in [0.717, 1.165) is 0 Å². The molecule has 1 atom stereocenters. The molecule has 1 fully saturated rings. The molecule has 0 saturated carbocycles. The molecule has 0 aromatic heterocycles. The van der Waals surface area contributed by atoms with Crippen molar-refractivity contribution in [3.8, 4) is 0 Å². The van der Waals surface area contributed by atoms with Gasteiger partial charge in [-0.1, -0.05) is 67.1 Å². The van der Waals surface area contributed by atoms with Crippen molar-refractivity contribution in [3.63, 3.8) is 0 Å². The van der Waals surface area contributed by atoms with E-state index in [9.17, 15) is 0 Å². The summed E-state index contributed by atoms with van der Waals surface area (Å²) in [4.78, 5) is 0. The van der Waals surface area contributed by atoms with Crippen LogP contribution in [0.5, 0.6) is 0 Å². The lowest BCUT2D eigenvalue weighted by atomic mass is 10.2. The quantitative estimate of drug-likeness (QED) is 0.761. The molecule has 1 aliphatic heterocycles. The lowest BCUT2D eigenvalue weighted by molar-refractivity contribution is 0.186. The Balaban J connectivity index is 2.11. The van der Waals surface area contributed by atoms with Crippen molar-refractivity contribution in [2.24, 2.45) is 0 Å². The first kappa shape index (κ1) is 12.6. The smallest absolute Gasteiger partial charge is 0.256 e. The summed E-state index contributed by atoms with van der Waals surface area (Å²) in [7, 11) is -2.00. The molecule has 1 saturated heterocycles. The average Bonchev–Trinajstić information content (AvgIpc) is 2.49. The average molecular weight is 268 g/mol.